The number of pyridine rings is 1. The Bertz CT molecular complexity index is 1040. The zero-order valence-corrected chi connectivity index (χ0v) is 15.0. The van der Waals surface area contributed by atoms with Crippen molar-refractivity contribution in [3.8, 4) is 11.5 Å². The lowest BCUT2D eigenvalue weighted by Crippen LogP contribution is -2.42. The SMILES string of the molecule is CN(C[C@H]1COc2ccccc2O1)C(=O)Cn1ccc(=O)c2ccccc21. The van der Waals surface area contributed by atoms with Crippen LogP contribution < -0.4 is 14.9 Å². The molecule has 0 radical (unpaired) electrons. The number of amides is 1. The second-order valence-corrected chi connectivity index (χ2v) is 6.60. The number of para-hydroxylation sites is 3. The number of hydrogen-bond acceptors (Lipinski definition) is 4. The summed E-state index contributed by atoms with van der Waals surface area (Å²) in [6, 6.07) is 16.3. The molecule has 1 aliphatic rings. The van der Waals surface area contributed by atoms with Crippen LogP contribution in [0.1, 0.15) is 0 Å². The molecule has 0 saturated carbocycles. The van der Waals surface area contributed by atoms with E-state index in [0.717, 1.165) is 11.3 Å². The van der Waals surface area contributed by atoms with Gasteiger partial charge in [-0.25, -0.2) is 0 Å². The number of carbonyl (C=O) groups is 1. The van der Waals surface area contributed by atoms with Gasteiger partial charge >= 0.3 is 0 Å². The number of benzene rings is 2. The minimum absolute atomic E-state index is 0.0472. The van der Waals surface area contributed by atoms with E-state index in [1.54, 1.807) is 28.8 Å². The molecule has 6 nitrogen and oxygen atoms in total. The first-order valence-corrected chi connectivity index (χ1v) is 8.82. The van der Waals surface area contributed by atoms with Crippen molar-refractivity contribution in [3.05, 3.63) is 71.0 Å². The fourth-order valence-electron chi connectivity index (χ4n) is 3.22. The van der Waals surface area contributed by atoms with Gasteiger partial charge in [0.05, 0.1) is 12.1 Å². The van der Waals surface area contributed by atoms with Gasteiger partial charge in [-0.15, -0.1) is 0 Å². The molecule has 6 heteroatoms. The summed E-state index contributed by atoms with van der Waals surface area (Å²) >= 11 is 0. The number of fused-ring (bicyclic) bond motifs is 2. The average molecular weight is 364 g/mol. The first kappa shape index (κ1) is 17.1. The van der Waals surface area contributed by atoms with Crippen LogP contribution in [-0.4, -0.2) is 41.7 Å². The molecule has 1 aliphatic heterocycles. The first-order valence-electron chi connectivity index (χ1n) is 8.82. The number of rotatable bonds is 4. The summed E-state index contributed by atoms with van der Waals surface area (Å²) in [4.78, 5) is 26.3. The van der Waals surface area contributed by atoms with Crippen molar-refractivity contribution < 1.29 is 14.3 Å². The van der Waals surface area contributed by atoms with Gasteiger partial charge in [-0.3, -0.25) is 9.59 Å². The van der Waals surface area contributed by atoms with Crippen LogP contribution in [0.3, 0.4) is 0 Å². The van der Waals surface area contributed by atoms with Crippen molar-refractivity contribution >= 4 is 16.8 Å². The average Bonchev–Trinajstić information content (AvgIpc) is 2.70. The van der Waals surface area contributed by atoms with E-state index >= 15 is 0 Å². The zero-order valence-electron chi connectivity index (χ0n) is 15.0. The lowest BCUT2D eigenvalue weighted by molar-refractivity contribution is -0.131. The summed E-state index contributed by atoms with van der Waals surface area (Å²) in [7, 11) is 1.75. The predicted molar refractivity (Wildman–Crippen MR) is 102 cm³/mol. The van der Waals surface area contributed by atoms with E-state index < -0.39 is 0 Å². The van der Waals surface area contributed by atoms with Crippen LogP contribution in [0.2, 0.25) is 0 Å². The smallest absolute Gasteiger partial charge is 0.242 e. The summed E-state index contributed by atoms with van der Waals surface area (Å²) in [5, 5.41) is 0.607. The van der Waals surface area contributed by atoms with Crippen LogP contribution in [0, 0.1) is 0 Å². The van der Waals surface area contributed by atoms with Crippen molar-refractivity contribution in [1.29, 1.82) is 0 Å². The third-order valence-electron chi connectivity index (χ3n) is 4.66. The third-order valence-corrected chi connectivity index (χ3v) is 4.66. The van der Waals surface area contributed by atoms with Crippen LogP contribution in [0.15, 0.2) is 65.6 Å². The number of likely N-dealkylation sites (N-methyl/N-ethyl adjacent to an activating group) is 1. The van der Waals surface area contributed by atoms with Gasteiger partial charge in [0.2, 0.25) is 5.91 Å². The van der Waals surface area contributed by atoms with E-state index in [2.05, 4.69) is 0 Å². The molecule has 1 aromatic heterocycles. The summed E-state index contributed by atoms with van der Waals surface area (Å²) < 4.78 is 13.4. The molecule has 3 aromatic rings. The number of aromatic nitrogens is 1. The maximum Gasteiger partial charge on any atom is 0.242 e. The second kappa shape index (κ2) is 7.15. The van der Waals surface area contributed by atoms with Gasteiger partial charge in [0.15, 0.2) is 23.0 Å². The largest absolute Gasteiger partial charge is 0.486 e. The molecule has 1 amide bonds. The van der Waals surface area contributed by atoms with Crippen molar-refractivity contribution in [2.24, 2.45) is 0 Å². The van der Waals surface area contributed by atoms with Crippen molar-refractivity contribution in [2.45, 2.75) is 12.6 Å². The number of hydrogen-bond donors (Lipinski definition) is 0. The lowest BCUT2D eigenvalue weighted by Gasteiger charge is -2.29. The highest BCUT2D eigenvalue weighted by molar-refractivity contribution is 5.82. The number of ether oxygens (including phenoxy) is 2. The normalized spacial score (nSPS) is 15.5. The minimum Gasteiger partial charge on any atom is -0.486 e. The Kier molecular flexibility index (Phi) is 4.54. The van der Waals surface area contributed by atoms with Gasteiger partial charge in [-0.1, -0.05) is 24.3 Å². The fraction of sp³-hybridized carbons (Fsp3) is 0.238. The van der Waals surface area contributed by atoms with Gasteiger partial charge in [0, 0.05) is 24.7 Å². The summed E-state index contributed by atoms with van der Waals surface area (Å²) in [6.45, 7) is 0.975. The zero-order chi connectivity index (χ0) is 18.8. The Morgan fingerprint density at radius 3 is 2.70 bits per heavy atom. The van der Waals surface area contributed by atoms with E-state index in [-0.39, 0.29) is 24.0 Å². The van der Waals surface area contributed by atoms with Gasteiger partial charge in [-0.05, 0) is 24.3 Å². The third kappa shape index (κ3) is 3.51. The Morgan fingerprint density at radius 2 is 1.85 bits per heavy atom. The molecule has 1 atom stereocenters. The highest BCUT2D eigenvalue weighted by Gasteiger charge is 2.23. The van der Waals surface area contributed by atoms with E-state index in [9.17, 15) is 9.59 Å². The Morgan fingerprint density at radius 1 is 1.11 bits per heavy atom. The maximum atomic E-state index is 12.7. The minimum atomic E-state index is -0.223. The standard InChI is InChI=1S/C21H20N2O4/c1-22(12-15-14-26-19-8-4-5-9-20(19)27-15)21(25)13-23-11-10-18(24)16-6-2-3-7-17(16)23/h2-11,15H,12-14H2,1H3/t15-/m0/s1. The van der Waals surface area contributed by atoms with Crippen LogP contribution in [-0.2, 0) is 11.3 Å². The molecule has 27 heavy (non-hydrogen) atoms. The van der Waals surface area contributed by atoms with E-state index in [0.29, 0.717) is 24.3 Å². The van der Waals surface area contributed by atoms with Gasteiger partial charge in [-0.2, -0.15) is 0 Å². The fourth-order valence-corrected chi connectivity index (χ4v) is 3.22. The van der Waals surface area contributed by atoms with Crippen molar-refractivity contribution in [1.82, 2.24) is 9.47 Å². The molecule has 0 saturated heterocycles. The van der Waals surface area contributed by atoms with E-state index in [1.807, 2.05) is 42.5 Å². The lowest BCUT2D eigenvalue weighted by atomic mass is 10.2. The van der Waals surface area contributed by atoms with Gasteiger partial charge < -0.3 is 18.9 Å². The van der Waals surface area contributed by atoms with E-state index in [1.165, 1.54) is 6.07 Å². The molecular formula is C21H20N2O4. The molecule has 2 heterocycles. The van der Waals surface area contributed by atoms with Crippen LogP contribution in [0.5, 0.6) is 11.5 Å². The molecule has 0 spiro atoms. The summed E-state index contributed by atoms with van der Waals surface area (Å²) in [5.41, 5.74) is 0.701. The molecule has 0 aliphatic carbocycles. The van der Waals surface area contributed by atoms with Crippen molar-refractivity contribution in [3.63, 3.8) is 0 Å². The molecule has 0 unspecified atom stereocenters. The molecule has 0 fully saturated rings. The van der Waals surface area contributed by atoms with Crippen LogP contribution in [0.25, 0.3) is 10.9 Å². The molecule has 4 rings (SSSR count). The quantitative estimate of drug-likeness (QED) is 0.713. The number of carbonyl (C=O) groups excluding carboxylic acids is 1. The summed E-state index contributed by atoms with van der Waals surface area (Å²) in [6.07, 6.45) is 1.44. The molecule has 0 bridgehead atoms. The Labute approximate surface area is 156 Å². The molecule has 2 aromatic carbocycles. The van der Waals surface area contributed by atoms with Crippen LogP contribution in [0.4, 0.5) is 0 Å². The Balaban J connectivity index is 1.45. The maximum absolute atomic E-state index is 12.7. The topological polar surface area (TPSA) is 60.8 Å². The number of nitrogens with zero attached hydrogens (tertiary/aromatic N) is 2. The van der Waals surface area contributed by atoms with E-state index in [4.69, 9.17) is 9.47 Å². The summed E-state index contributed by atoms with van der Waals surface area (Å²) in [5.74, 6) is 1.36. The van der Waals surface area contributed by atoms with Gasteiger partial charge in [0.1, 0.15) is 13.2 Å². The van der Waals surface area contributed by atoms with Crippen LogP contribution >= 0.6 is 0 Å². The second-order valence-electron chi connectivity index (χ2n) is 6.60. The van der Waals surface area contributed by atoms with Crippen molar-refractivity contribution in [2.75, 3.05) is 20.2 Å². The highest BCUT2D eigenvalue weighted by Crippen LogP contribution is 2.30. The van der Waals surface area contributed by atoms with Gasteiger partial charge in [0.25, 0.3) is 0 Å². The first-order chi connectivity index (χ1) is 13.1. The molecule has 138 valence electrons. The molecular weight excluding hydrogens is 344 g/mol. The highest BCUT2D eigenvalue weighted by atomic mass is 16.6. The Hall–Kier alpha value is -3.28. The molecule has 0 N–H and O–H groups in total. The monoisotopic (exact) mass is 364 g/mol. The predicted octanol–water partition coefficient (Wildman–Crippen LogP) is 2.30.